The summed E-state index contributed by atoms with van der Waals surface area (Å²) in [5.41, 5.74) is 0. The lowest BCUT2D eigenvalue weighted by molar-refractivity contribution is -0.904. The Balaban J connectivity index is 0. The molecule has 0 aliphatic carbocycles. The van der Waals surface area contributed by atoms with Crippen LogP contribution in [0.25, 0.3) is 0 Å². The molecule has 1 nitrogen and oxygen atoms in total. The van der Waals surface area contributed by atoms with E-state index in [1.54, 1.807) is 0 Å². The minimum atomic E-state index is -3.38. The first-order valence-electron chi connectivity index (χ1n) is 4.39. The van der Waals surface area contributed by atoms with E-state index < -0.39 is 4.35 Å². The van der Waals surface area contributed by atoms with Crippen molar-refractivity contribution in [2.24, 2.45) is 0 Å². The minimum Gasteiger partial charge on any atom is -0.458 e. The monoisotopic (exact) mass is 323 g/mol. The van der Waals surface area contributed by atoms with Crippen LogP contribution in [-0.2, 0) is 0 Å². The summed E-state index contributed by atoms with van der Waals surface area (Å²) in [6, 6.07) is 0. The van der Waals surface area contributed by atoms with Crippen LogP contribution in [0.1, 0.15) is 20.8 Å². The Kier molecular flexibility index (Phi) is 8.99. The fourth-order valence-electron chi connectivity index (χ4n) is 0.671. The van der Waals surface area contributed by atoms with Gasteiger partial charge in [0.2, 0.25) is 0 Å². The Bertz CT molecular complexity index is 112. The minimum absolute atomic E-state index is 1.21. The molecule has 0 aliphatic heterocycles. The van der Waals surface area contributed by atoms with Crippen LogP contribution in [0.3, 0.4) is 0 Å². The second-order valence-corrected chi connectivity index (χ2v) is 6.59. The Morgan fingerprint density at radius 1 is 1.00 bits per heavy atom. The van der Waals surface area contributed by atoms with Gasteiger partial charge in [0, 0.05) is 0 Å². The molecule has 0 rings (SSSR count). The highest BCUT2D eigenvalue weighted by Crippen LogP contribution is 2.21. The zero-order valence-electron chi connectivity index (χ0n) is 8.66. The van der Waals surface area contributed by atoms with Crippen molar-refractivity contribution in [2.75, 3.05) is 26.7 Å². The van der Waals surface area contributed by atoms with E-state index in [9.17, 15) is 8.63 Å². The van der Waals surface area contributed by atoms with Crippen LogP contribution in [0, 0.1) is 0 Å². The predicted molar refractivity (Wildman–Crippen MR) is 63.6 cm³/mol. The summed E-state index contributed by atoms with van der Waals surface area (Å²) in [6.45, 7) is 10.5. The van der Waals surface area contributed by atoms with Crippen molar-refractivity contribution in [1.29, 1.82) is 0 Å². The Labute approximate surface area is 96.4 Å². The van der Waals surface area contributed by atoms with E-state index in [1.165, 1.54) is 24.1 Å². The molecular formula is C7H18BBr2F2N. The van der Waals surface area contributed by atoms with Gasteiger partial charge in [-0.05, 0) is 20.8 Å². The molecule has 0 saturated heterocycles. The quantitative estimate of drug-likeness (QED) is 0.549. The zero-order valence-corrected chi connectivity index (χ0v) is 11.8. The number of rotatable bonds is 3. The van der Waals surface area contributed by atoms with Gasteiger partial charge in [0.15, 0.2) is 0 Å². The topological polar surface area (TPSA) is 0 Å². The van der Waals surface area contributed by atoms with Crippen LogP contribution < -0.4 is 0 Å². The summed E-state index contributed by atoms with van der Waals surface area (Å²) < 4.78 is 19.7. The van der Waals surface area contributed by atoms with Crippen LogP contribution in [0.15, 0.2) is 0 Å². The largest absolute Gasteiger partial charge is 0.458 e. The molecule has 0 aromatic carbocycles. The third-order valence-corrected chi connectivity index (χ3v) is 2.29. The smallest absolute Gasteiger partial charge is 0.436 e. The van der Waals surface area contributed by atoms with Gasteiger partial charge in [-0.2, -0.15) is 0 Å². The summed E-state index contributed by atoms with van der Waals surface area (Å²) in [4.78, 5) is 0. The number of halogens is 4. The number of hydrogen-bond donors (Lipinski definition) is 0. The van der Waals surface area contributed by atoms with Crippen LogP contribution in [0.2, 0.25) is 0 Å². The van der Waals surface area contributed by atoms with Gasteiger partial charge in [-0.3, -0.25) is 31.5 Å². The van der Waals surface area contributed by atoms with Gasteiger partial charge in [0.05, 0.1) is 26.7 Å². The second kappa shape index (κ2) is 7.18. The van der Waals surface area contributed by atoms with Crippen molar-refractivity contribution in [3.63, 3.8) is 0 Å². The molecule has 0 bridgehead atoms. The van der Waals surface area contributed by atoms with E-state index in [1.807, 2.05) is 31.5 Å². The molecule has 0 saturated carbocycles. The van der Waals surface area contributed by atoms with Crippen molar-refractivity contribution < 1.29 is 13.1 Å². The fourth-order valence-corrected chi connectivity index (χ4v) is 0.671. The zero-order chi connectivity index (χ0) is 11.1. The first kappa shape index (κ1) is 16.3. The molecule has 0 amide bonds. The maximum atomic E-state index is 10.9. The standard InChI is InChI=1S/C7H18N.BBr2F2/c1-5-8(4,6-2)7-3;2-1(3,4)5/h5-7H2,1-4H3;/q+1;-1. The Hall–Kier alpha value is 0.845. The first-order chi connectivity index (χ1) is 5.68. The fraction of sp³-hybridized carbons (Fsp3) is 1.00. The van der Waals surface area contributed by atoms with Crippen molar-refractivity contribution in [3.05, 3.63) is 0 Å². The average molecular weight is 325 g/mol. The summed E-state index contributed by atoms with van der Waals surface area (Å²) in [5.74, 6) is 0. The van der Waals surface area contributed by atoms with Gasteiger partial charge < -0.3 is 13.1 Å². The van der Waals surface area contributed by atoms with Crippen LogP contribution in [-0.4, -0.2) is 35.5 Å². The van der Waals surface area contributed by atoms with Crippen LogP contribution in [0.5, 0.6) is 0 Å². The maximum Gasteiger partial charge on any atom is 0.436 e. The lowest BCUT2D eigenvalue weighted by Crippen LogP contribution is -2.42. The van der Waals surface area contributed by atoms with Crippen LogP contribution >= 0.6 is 31.5 Å². The normalized spacial score (nSPS) is 12.0. The Morgan fingerprint density at radius 2 is 1.15 bits per heavy atom. The van der Waals surface area contributed by atoms with Crippen LogP contribution in [0.4, 0.5) is 8.63 Å². The van der Waals surface area contributed by atoms with Crippen molar-refractivity contribution >= 4 is 35.9 Å². The third kappa shape index (κ3) is 15.6. The molecule has 6 heteroatoms. The SMILES string of the molecule is CC[N+](C)(CC)CC.F[B-](F)(Br)Br. The number of quaternary nitrogens is 1. The molecule has 0 aromatic heterocycles. The van der Waals surface area contributed by atoms with Crippen molar-refractivity contribution in [3.8, 4) is 0 Å². The maximum absolute atomic E-state index is 10.9. The van der Waals surface area contributed by atoms with E-state index in [4.69, 9.17) is 0 Å². The molecule has 0 radical (unpaired) electrons. The van der Waals surface area contributed by atoms with Gasteiger partial charge in [0.25, 0.3) is 0 Å². The predicted octanol–water partition coefficient (Wildman–Crippen LogP) is 3.64. The molecule has 0 unspecified atom stereocenters. The lowest BCUT2D eigenvalue weighted by atomic mass is 10.4. The molecule has 0 spiro atoms. The van der Waals surface area contributed by atoms with E-state index in [2.05, 4.69) is 27.8 Å². The van der Waals surface area contributed by atoms with Crippen molar-refractivity contribution in [1.82, 2.24) is 0 Å². The molecule has 0 N–H and O–H groups in total. The van der Waals surface area contributed by atoms with Gasteiger partial charge in [-0.15, -0.1) is 0 Å². The molecule has 0 heterocycles. The van der Waals surface area contributed by atoms with Gasteiger partial charge >= 0.3 is 4.35 Å². The number of nitrogens with zero attached hydrogens (tertiary/aromatic N) is 1. The molecule has 0 aromatic rings. The molecule has 0 fully saturated rings. The molecular weight excluding hydrogens is 307 g/mol. The molecule has 0 atom stereocenters. The first-order valence-corrected chi connectivity index (χ1v) is 6.22. The summed E-state index contributed by atoms with van der Waals surface area (Å²) >= 11 is 4.04. The molecule has 13 heavy (non-hydrogen) atoms. The Morgan fingerprint density at radius 3 is 1.15 bits per heavy atom. The number of hydrogen-bond acceptors (Lipinski definition) is 0. The van der Waals surface area contributed by atoms with Gasteiger partial charge in [-0.1, -0.05) is 0 Å². The average Bonchev–Trinajstić information content (AvgIpc) is 2.00. The molecule has 82 valence electrons. The van der Waals surface area contributed by atoms with Gasteiger partial charge in [0.1, 0.15) is 0 Å². The highest BCUT2D eigenvalue weighted by atomic mass is 79.9. The lowest BCUT2D eigenvalue weighted by Gasteiger charge is -2.30. The van der Waals surface area contributed by atoms with Crippen molar-refractivity contribution in [2.45, 2.75) is 20.8 Å². The summed E-state index contributed by atoms with van der Waals surface area (Å²) in [7, 11) is 2.29. The summed E-state index contributed by atoms with van der Waals surface area (Å²) in [6.07, 6.45) is 0. The highest BCUT2D eigenvalue weighted by Gasteiger charge is 2.10. The summed E-state index contributed by atoms with van der Waals surface area (Å²) in [5, 5.41) is 0. The van der Waals surface area contributed by atoms with E-state index >= 15 is 0 Å². The second-order valence-electron chi connectivity index (χ2n) is 3.06. The van der Waals surface area contributed by atoms with E-state index in [-0.39, 0.29) is 0 Å². The van der Waals surface area contributed by atoms with E-state index in [0.717, 1.165) is 0 Å². The van der Waals surface area contributed by atoms with Gasteiger partial charge in [-0.25, -0.2) is 0 Å². The van der Waals surface area contributed by atoms with E-state index in [0.29, 0.717) is 0 Å². The molecule has 0 aliphatic rings. The highest BCUT2D eigenvalue weighted by molar-refractivity contribution is 9.50. The third-order valence-electron chi connectivity index (χ3n) is 2.29.